The molecule has 0 radical (unpaired) electrons. The minimum atomic E-state index is -0.357. The number of thiophene rings is 1. The van der Waals surface area contributed by atoms with Gasteiger partial charge in [0.05, 0.1) is 35.8 Å². The number of nitrogens with one attached hydrogen (secondary N) is 2. The van der Waals surface area contributed by atoms with E-state index in [2.05, 4.69) is 20.2 Å². The van der Waals surface area contributed by atoms with Crippen LogP contribution in [-0.4, -0.2) is 47.1 Å². The summed E-state index contributed by atoms with van der Waals surface area (Å²) in [6.07, 6.45) is 0. The summed E-state index contributed by atoms with van der Waals surface area (Å²) >= 11 is 7.53. The first-order valence-corrected chi connectivity index (χ1v) is 10.7. The van der Waals surface area contributed by atoms with Gasteiger partial charge in [-0.15, -0.1) is 11.3 Å². The van der Waals surface area contributed by atoms with Crippen molar-refractivity contribution in [2.24, 2.45) is 0 Å². The first kappa shape index (κ1) is 19.4. The highest BCUT2D eigenvalue weighted by Crippen LogP contribution is 2.36. The quantitative estimate of drug-likeness (QED) is 0.480. The van der Waals surface area contributed by atoms with Gasteiger partial charge in [0.1, 0.15) is 16.5 Å². The molecule has 0 bridgehead atoms. The van der Waals surface area contributed by atoms with E-state index in [4.69, 9.17) is 16.3 Å². The molecule has 30 heavy (non-hydrogen) atoms. The molecule has 0 unspecified atom stereocenters. The Kier molecular flexibility index (Phi) is 5.16. The second-order valence-corrected chi connectivity index (χ2v) is 8.57. The fourth-order valence-corrected chi connectivity index (χ4v) is 5.00. The number of rotatable bonds is 4. The van der Waals surface area contributed by atoms with Crippen LogP contribution in [0, 0.1) is 5.82 Å². The molecule has 4 aromatic rings. The van der Waals surface area contributed by atoms with Crippen LogP contribution < -0.4 is 5.32 Å². The minimum absolute atomic E-state index is 0.325. The molecule has 9 heteroatoms. The average molecular weight is 445 g/mol. The van der Waals surface area contributed by atoms with Crippen molar-refractivity contribution in [3.05, 3.63) is 57.9 Å². The zero-order valence-corrected chi connectivity index (χ0v) is 17.4. The fraction of sp³-hybridized carbons (Fsp3) is 0.238. The summed E-state index contributed by atoms with van der Waals surface area (Å²) in [5.74, 6) is 0.198. The van der Waals surface area contributed by atoms with E-state index in [9.17, 15) is 9.18 Å². The summed E-state index contributed by atoms with van der Waals surface area (Å²) in [5, 5.41) is 3.88. The normalized spacial score (nSPS) is 15.1. The van der Waals surface area contributed by atoms with Crippen molar-refractivity contribution in [2.75, 3.05) is 31.6 Å². The van der Waals surface area contributed by atoms with Gasteiger partial charge < -0.3 is 15.0 Å². The average Bonchev–Trinajstić information content (AvgIpc) is 3.28. The number of aromatic amines is 1. The SMILES string of the molecule is O=C(Nc1ccc2nc(CN3CCOCC3)[nH]c2c1)c1sc2cc(F)ccc2c1Cl. The molecule has 0 saturated carbocycles. The molecule has 1 amide bonds. The molecule has 154 valence electrons. The number of imidazole rings is 1. The van der Waals surface area contributed by atoms with Crippen molar-refractivity contribution in [3.8, 4) is 0 Å². The predicted octanol–water partition coefficient (Wildman–Crippen LogP) is 4.65. The molecule has 1 aliphatic heterocycles. The molecule has 0 spiro atoms. The summed E-state index contributed by atoms with van der Waals surface area (Å²) in [4.78, 5) is 23.4. The van der Waals surface area contributed by atoms with Crippen molar-refractivity contribution in [1.82, 2.24) is 14.9 Å². The molecule has 3 heterocycles. The molecule has 1 fully saturated rings. The Morgan fingerprint density at radius 1 is 1.27 bits per heavy atom. The van der Waals surface area contributed by atoms with Crippen LogP contribution in [0.4, 0.5) is 10.1 Å². The van der Waals surface area contributed by atoms with Crippen LogP contribution in [-0.2, 0) is 11.3 Å². The number of hydrogen-bond acceptors (Lipinski definition) is 5. The van der Waals surface area contributed by atoms with E-state index in [0.29, 0.717) is 25.7 Å². The molecule has 6 nitrogen and oxygen atoms in total. The van der Waals surface area contributed by atoms with Gasteiger partial charge in [-0.25, -0.2) is 9.37 Å². The van der Waals surface area contributed by atoms with Crippen LogP contribution in [0.2, 0.25) is 5.02 Å². The highest BCUT2D eigenvalue weighted by atomic mass is 35.5. The number of nitrogens with zero attached hydrogens (tertiary/aromatic N) is 2. The Labute approximate surface area is 180 Å². The van der Waals surface area contributed by atoms with E-state index in [1.54, 1.807) is 12.1 Å². The van der Waals surface area contributed by atoms with E-state index < -0.39 is 0 Å². The highest BCUT2D eigenvalue weighted by molar-refractivity contribution is 7.21. The molecule has 0 atom stereocenters. The number of H-pyrrole nitrogens is 1. The Morgan fingerprint density at radius 3 is 2.93 bits per heavy atom. The fourth-order valence-electron chi connectivity index (χ4n) is 3.56. The number of morpholine rings is 1. The van der Waals surface area contributed by atoms with Gasteiger partial charge in [-0.2, -0.15) is 0 Å². The molecule has 1 saturated heterocycles. The third-order valence-corrected chi connectivity index (χ3v) is 6.72. The number of halogens is 2. The number of amides is 1. The van der Waals surface area contributed by atoms with Gasteiger partial charge in [0.15, 0.2) is 0 Å². The molecule has 2 aromatic heterocycles. The van der Waals surface area contributed by atoms with Gasteiger partial charge in [0.25, 0.3) is 5.91 Å². The highest BCUT2D eigenvalue weighted by Gasteiger charge is 2.18. The van der Waals surface area contributed by atoms with Crippen LogP contribution in [0.25, 0.3) is 21.1 Å². The zero-order chi connectivity index (χ0) is 20.7. The minimum Gasteiger partial charge on any atom is -0.379 e. The number of carbonyl (C=O) groups excluding carboxylic acids is 1. The Hall–Kier alpha value is -2.52. The van der Waals surface area contributed by atoms with E-state index in [1.807, 2.05) is 12.1 Å². The molecule has 2 aromatic carbocycles. The van der Waals surface area contributed by atoms with E-state index in [-0.39, 0.29) is 11.7 Å². The third kappa shape index (κ3) is 3.79. The Morgan fingerprint density at radius 2 is 2.10 bits per heavy atom. The summed E-state index contributed by atoms with van der Waals surface area (Å²) in [6.45, 7) is 3.98. The first-order chi connectivity index (χ1) is 14.6. The molecule has 0 aliphatic carbocycles. The van der Waals surface area contributed by atoms with Crippen LogP contribution in [0.15, 0.2) is 36.4 Å². The molecular weight excluding hydrogens is 427 g/mol. The number of aromatic nitrogens is 2. The lowest BCUT2D eigenvalue weighted by Crippen LogP contribution is -2.35. The standard InChI is InChI=1S/C21H18ClFN4O2S/c22-19-14-3-1-12(23)9-17(14)30-20(19)21(28)24-13-2-4-15-16(10-13)26-18(25-15)11-27-5-7-29-8-6-27/h1-4,9-10H,5-8,11H2,(H,24,28)(H,25,26). The van der Waals surface area contributed by atoms with E-state index in [0.717, 1.165) is 49.7 Å². The second kappa shape index (κ2) is 7.96. The Bertz CT molecular complexity index is 1250. The van der Waals surface area contributed by atoms with Gasteiger partial charge in [0.2, 0.25) is 0 Å². The van der Waals surface area contributed by atoms with Crippen LogP contribution >= 0.6 is 22.9 Å². The van der Waals surface area contributed by atoms with Gasteiger partial charge in [-0.3, -0.25) is 9.69 Å². The summed E-state index contributed by atoms with van der Waals surface area (Å²) in [5.41, 5.74) is 2.32. The van der Waals surface area contributed by atoms with E-state index in [1.165, 1.54) is 23.5 Å². The van der Waals surface area contributed by atoms with Crippen molar-refractivity contribution in [2.45, 2.75) is 6.54 Å². The Balaban J connectivity index is 1.36. The predicted molar refractivity (Wildman–Crippen MR) is 117 cm³/mol. The van der Waals surface area contributed by atoms with Crippen molar-refractivity contribution < 1.29 is 13.9 Å². The van der Waals surface area contributed by atoms with Crippen molar-refractivity contribution in [1.29, 1.82) is 0 Å². The summed E-state index contributed by atoms with van der Waals surface area (Å²) in [7, 11) is 0. The topological polar surface area (TPSA) is 70.2 Å². The van der Waals surface area contributed by atoms with Crippen LogP contribution in [0.3, 0.4) is 0 Å². The number of anilines is 1. The number of fused-ring (bicyclic) bond motifs is 2. The van der Waals surface area contributed by atoms with Crippen molar-refractivity contribution >= 4 is 55.7 Å². The van der Waals surface area contributed by atoms with E-state index >= 15 is 0 Å². The smallest absolute Gasteiger partial charge is 0.267 e. The summed E-state index contributed by atoms with van der Waals surface area (Å²) in [6, 6.07) is 9.84. The number of benzene rings is 2. The number of carbonyl (C=O) groups is 1. The first-order valence-electron chi connectivity index (χ1n) is 9.54. The lowest BCUT2D eigenvalue weighted by Gasteiger charge is -2.25. The number of ether oxygens (including phenoxy) is 1. The maximum absolute atomic E-state index is 13.5. The van der Waals surface area contributed by atoms with Gasteiger partial charge in [0, 0.05) is 28.9 Å². The lowest BCUT2D eigenvalue weighted by atomic mass is 10.2. The maximum Gasteiger partial charge on any atom is 0.267 e. The molecular formula is C21H18ClFN4O2S. The maximum atomic E-state index is 13.5. The third-order valence-electron chi connectivity index (χ3n) is 5.06. The van der Waals surface area contributed by atoms with Gasteiger partial charge >= 0.3 is 0 Å². The largest absolute Gasteiger partial charge is 0.379 e. The zero-order valence-electron chi connectivity index (χ0n) is 15.9. The van der Waals surface area contributed by atoms with Crippen LogP contribution in [0.1, 0.15) is 15.5 Å². The van der Waals surface area contributed by atoms with Crippen LogP contribution in [0.5, 0.6) is 0 Å². The lowest BCUT2D eigenvalue weighted by molar-refractivity contribution is 0.0332. The van der Waals surface area contributed by atoms with Crippen molar-refractivity contribution in [3.63, 3.8) is 0 Å². The van der Waals surface area contributed by atoms with Gasteiger partial charge in [-0.1, -0.05) is 11.6 Å². The second-order valence-electron chi connectivity index (χ2n) is 7.14. The molecule has 5 rings (SSSR count). The molecule has 2 N–H and O–H groups in total. The molecule has 1 aliphatic rings. The summed E-state index contributed by atoms with van der Waals surface area (Å²) < 4.78 is 19.5. The number of hydrogen-bond donors (Lipinski definition) is 2. The monoisotopic (exact) mass is 444 g/mol. The van der Waals surface area contributed by atoms with Gasteiger partial charge in [-0.05, 0) is 36.4 Å².